The highest BCUT2D eigenvalue weighted by molar-refractivity contribution is 4.73. The largest absolute Gasteiger partial charge is 0.379 e. The maximum Gasteiger partial charge on any atom is 0.0623 e. The summed E-state index contributed by atoms with van der Waals surface area (Å²) in [4.78, 5) is 0. The summed E-state index contributed by atoms with van der Waals surface area (Å²) in [5.74, 6) is 6.18. The average molecular weight is 202 g/mol. The van der Waals surface area contributed by atoms with Crippen LogP contribution in [-0.4, -0.2) is 18.8 Å². The second-order valence-electron chi connectivity index (χ2n) is 5.00. The molecular formula is C11H26N2O. The van der Waals surface area contributed by atoms with E-state index in [1.54, 1.807) is 7.11 Å². The molecule has 86 valence electrons. The van der Waals surface area contributed by atoms with Crippen LogP contribution in [0.5, 0.6) is 0 Å². The molecule has 0 aliphatic carbocycles. The van der Waals surface area contributed by atoms with E-state index in [1.807, 2.05) is 0 Å². The lowest BCUT2D eigenvalue weighted by Crippen LogP contribution is -2.38. The Morgan fingerprint density at radius 2 is 1.93 bits per heavy atom. The fourth-order valence-electron chi connectivity index (χ4n) is 1.46. The Hall–Kier alpha value is -0.120. The third-order valence-electron chi connectivity index (χ3n) is 2.64. The summed E-state index contributed by atoms with van der Waals surface area (Å²) < 4.78 is 5.37. The topological polar surface area (TPSA) is 47.3 Å². The number of nitrogens with two attached hydrogens (primary N) is 1. The van der Waals surface area contributed by atoms with Crippen LogP contribution in [0.15, 0.2) is 0 Å². The standard InChI is InChI=1S/C11H26N2O/c1-9(2)8-10(13-12)6-7-11(3,4)14-5/h9-10,13H,6-8,12H2,1-5H3. The SMILES string of the molecule is COC(C)(C)CCC(CC(C)C)NN. The molecule has 0 aromatic rings. The molecule has 0 saturated carbocycles. The summed E-state index contributed by atoms with van der Waals surface area (Å²) in [5.41, 5.74) is 2.84. The molecule has 3 heteroatoms. The number of hydrogen-bond donors (Lipinski definition) is 2. The summed E-state index contributed by atoms with van der Waals surface area (Å²) in [7, 11) is 1.76. The van der Waals surface area contributed by atoms with Crippen molar-refractivity contribution < 1.29 is 4.74 Å². The van der Waals surface area contributed by atoms with Crippen molar-refractivity contribution in [2.75, 3.05) is 7.11 Å². The predicted molar refractivity (Wildman–Crippen MR) is 60.9 cm³/mol. The molecule has 1 unspecified atom stereocenters. The van der Waals surface area contributed by atoms with Gasteiger partial charge in [0, 0.05) is 13.2 Å². The molecule has 0 heterocycles. The summed E-state index contributed by atoms with van der Waals surface area (Å²) in [6.45, 7) is 8.64. The second-order valence-corrected chi connectivity index (χ2v) is 5.00. The van der Waals surface area contributed by atoms with E-state index in [9.17, 15) is 0 Å². The number of hydrazine groups is 1. The molecule has 0 rings (SSSR count). The van der Waals surface area contributed by atoms with E-state index in [4.69, 9.17) is 10.6 Å². The Morgan fingerprint density at radius 1 is 1.36 bits per heavy atom. The minimum absolute atomic E-state index is 0.0356. The lowest BCUT2D eigenvalue weighted by Gasteiger charge is -2.26. The number of ether oxygens (including phenoxy) is 1. The molecular weight excluding hydrogens is 176 g/mol. The molecule has 0 spiro atoms. The first-order chi connectivity index (χ1) is 6.41. The maximum atomic E-state index is 5.50. The van der Waals surface area contributed by atoms with Crippen LogP contribution >= 0.6 is 0 Å². The maximum absolute atomic E-state index is 5.50. The number of methoxy groups -OCH3 is 1. The van der Waals surface area contributed by atoms with Gasteiger partial charge in [-0.3, -0.25) is 11.3 Å². The van der Waals surface area contributed by atoms with Gasteiger partial charge < -0.3 is 4.74 Å². The van der Waals surface area contributed by atoms with Crippen LogP contribution in [-0.2, 0) is 4.74 Å². The minimum Gasteiger partial charge on any atom is -0.379 e. The quantitative estimate of drug-likeness (QED) is 0.491. The normalized spacial score (nSPS) is 14.8. The van der Waals surface area contributed by atoms with Gasteiger partial charge >= 0.3 is 0 Å². The molecule has 0 aromatic carbocycles. The second kappa shape index (κ2) is 6.38. The van der Waals surface area contributed by atoms with Crippen molar-refractivity contribution in [1.82, 2.24) is 5.43 Å². The fourth-order valence-corrected chi connectivity index (χ4v) is 1.46. The highest BCUT2D eigenvalue weighted by atomic mass is 16.5. The lowest BCUT2D eigenvalue weighted by molar-refractivity contribution is 0.0112. The van der Waals surface area contributed by atoms with Gasteiger partial charge in [-0.2, -0.15) is 0 Å². The smallest absolute Gasteiger partial charge is 0.0623 e. The Bertz CT molecular complexity index is 146. The van der Waals surface area contributed by atoms with Crippen LogP contribution in [0, 0.1) is 5.92 Å². The highest BCUT2D eigenvalue weighted by Crippen LogP contribution is 2.18. The summed E-state index contributed by atoms with van der Waals surface area (Å²) in [6.07, 6.45) is 3.22. The van der Waals surface area contributed by atoms with E-state index in [0.29, 0.717) is 12.0 Å². The minimum atomic E-state index is -0.0356. The van der Waals surface area contributed by atoms with Crippen molar-refractivity contribution in [3.05, 3.63) is 0 Å². The van der Waals surface area contributed by atoms with Crippen molar-refractivity contribution >= 4 is 0 Å². The zero-order valence-corrected chi connectivity index (χ0v) is 10.3. The Kier molecular flexibility index (Phi) is 6.33. The van der Waals surface area contributed by atoms with Gasteiger partial charge in [0.2, 0.25) is 0 Å². The van der Waals surface area contributed by atoms with E-state index in [-0.39, 0.29) is 5.60 Å². The van der Waals surface area contributed by atoms with Crippen LogP contribution in [0.3, 0.4) is 0 Å². The van der Waals surface area contributed by atoms with E-state index >= 15 is 0 Å². The molecule has 0 fully saturated rings. The molecule has 0 aromatic heterocycles. The van der Waals surface area contributed by atoms with Crippen molar-refractivity contribution in [2.45, 2.75) is 58.6 Å². The van der Waals surface area contributed by atoms with Crippen LogP contribution in [0.2, 0.25) is 0 Å². The van der Waals surface area contributed by atoms with Crippen LogP contribution in [0.25, 0.3) is 0 Å². The van der Waals surface area contributed by atoms with Gasteiger partial charge in [-0.1, -0.05) is 13.8 Å². The van der Waals surface area contributed by atoms with Gasteiger partial charge in [-0.05, 0) is 39.0 Å². The Morgan fingerprint density at radius 3 is 2.29 bits per heavy atom. The van der Waals surface area contributed by atoms with Crippen LogP contribution in [0.1, 0.15) is 47.0 Å². The molecule has 3 nitrogen and oxygen atoms in total. The highest BCUT2D eigenvalue weighted by Gasteiger charge is 2.19. The zero-order valence-electron chi connectivity index (χ0n) is 10.3. The van der Waals surface area contributed by atoms with E-state index in [2.05, 4.69) is 33.1 Å². The van der Waals surface area contributed by atoms with Crippen molar-refractivity contribution in [1.29, 1.82) is 0 Å². The fraction of sp³-hybridized carbons (Fsp3) is 1.00. The predicted octanol–water partition coefficient (Wildman–Crippen LogP) is 2.07. The van der Waals surface area contributed by atoms with Gasteiger partial charge in [-0.15, -0.1) is 0 Å². The third kappa shape index (κ3) is 6.35. The summed E-state index contributed by atoms with van der Waals surface area (Å²) in [6, 6.07) is 0.407. The molecule has 0 amide bonds. The Balaban J connectivity index is 3.83. The van der Waals surface area contributed by atoms with E-state index in [0.717, 1.165) is 19.3 Å². The lowest BCUT2D eigenvalue weighted by atomic mass is 9.94. The van der Waals surface area contributed by atoms with Gasteiger partial charge in [0.25, 0.3) is 0 Å². The molecule has 0 aliphatic heterocycles. The molecule has 0 bridgehead atoms. The van der Waals surface area contributed by atoms with Gasteiger partial charge in [0.15, 0.2) is 0 Å². The summed E-state index contributed by atoms with van der Waals surface area (Å²) >= 11 is 0. The molecule has 0 saturated heterocycles. The van der Waals surface area contributed by atoms with Crippen LogP contribution in [0.4, 0.5) is 0 Å². The van der Waals surface area contributed by atoms with Gasteiger partial charge in [-0.25, -0.2) is 0 Å². The Labute approximate surface area is 88.4 Å². The number of hydrogen-bond acceptors (Lipinski definition) is 3. The van der Waals surface area contributed by atoms with Gasteiger partial charge in [0.1, 0.15) is 0 Å². The third-order valence-corrected chi connectivity index (χ3v) is 2.64. The van der Waals surface area contributed by atoms with Crippen molar-refractivity contribution in [2.24, 2.45) is 11.8 Å². The molecule has 0 radical (unpaired) electrons. The van der Waals surface area contributed by atoms with Crippen molar-refractivity contribution in [3.63, 3.8) is 0 Å². The van der Waals surface area contributed by atoms with Crippen molar-refractivity contribution in [3.8, 4) is 0 Å². The number of rotatable bonds is 7. The van der Waals surface area contributed by atoms with E-state index < -0.39 is 0 Å². The molecule has 1 atom stereocenters. The summed E-state index contributed by atoms with van der Waals surface area (Å²) in [5, 5.41) is 0. The zero-order chi connectivity index (χ0) is 11.2. The first kappa shape index (κ1) is 13.9. The molecule has 3 N–H and O–H groups in total. The van der Waals surface area contributed by atoms with Gasteiger partial charge in [0.05, 0.1) is 5.60 Å². The first-order valence-corrected chi connectivity index (χ1v) is 5.42. The molecule has 0 aliphatic rings. The van der Waals surface area contributed by atoms with Crippen LogP contribution < -0.4 is 11.3 Å². The average Bonchev–Trinajstić information content (AvgIpc) is 2.12. The first-order valence-electron chi connectivity index (χ1n) is 5.42. The monoisotopic (exact) mass is 202 g/mol. The molecule has 14 heavy (non-hydrogen) atoms. The number of nitrogens with one attached hydrogen (secondary N) is 1. The van der Waals surface area contributed by atoms with E-state index in [1.165, 1.54) is 0 Å².